The number of thiocarbonyl (C=S) groups is 1. The molecule has 2 heterocycles. The number of thioether (sulfide) groups is 1. The van der Waals surface area contributed by atoms with Crippen molar-refractivity contribution < 1.29 is 19.0 Å². The van der Waals surface area contributed by atoms with E-state index in [0.29, 0.717) is 15.8 Å². The molecule has 8 heteroatoms. The molecule has 4 aromatic rings. The molecule has 0 saturated carbocycles. The molecule has 3 aromatic carbocycles. The Balaban J connectivity index is 1.32. The molecule has 1 aromatic heterocycles. The van der Waals surface area contributed by atoms with Gasteiger partial charge in [-0.1, -0.05) is 36.1 Å². The highest BCUT2D eigenvalue weighted by Crippen LogP contribution is 2.35. The fourth-order valence-electron chi connectivity index (χ4n) is 4.47. The predicted octanol–water partition coefficient (Wildman–Crippen LogP) is 7.31. The summed E-state index contributed by atoms with van der Waals surface area (Å²) in [5, 5.41) is 0. The van der Waals surface area contributed by atoms with E-state index in [1.165, 1.54) is 11.8 Å². The van der Waals surface area contributed by atoms with Crippen molar-refractivity contribution in [2.75, 3.05) is 14.2 Å². The van der Waals surface area contributed by atoms with Crippen LogP contribution >= 0.6 is 24.0 Å². The van der Waals surface area contributed by atoms with E-state index in [1.54, 1.807) is 19.1 Å². The largest absolute Gasteiger partial charge is 0.497 e. The zero-order chi connectivity index (χ0) is 27.5. The number of carbonyl (C=O) groups is 1. The molecule has 1 amide bonds. The van der Waals surface area contributed by atoms with Gasteiger partial charge >= 0.3 is 0 Å². The third-order valence-corrected chi connectivity index (χ3v) is 7.90. The van der Waals surface area contributed by atoms with Gasteiger partial charge in [0.05, 0.1) is 25.7 Å². The number of methoxy groups -OCH3 is 2. The van der Waals surface area contributed by atoms with Crippen LogP contribution in [0.3, 0.4) is 0 Å². The molecule has 0 atom stereocenters. The van der Waals surface area contributed by atoms with E-state index in [2.05, 4.69) is 24.5 Å². The summed E-state index contributed by atoms with van der Waals surface area (Å²) in [6.45, 7) is 4.54. The van der Waals surface area contributed by atoms with E-state index >= 15 is 0 Å². The average molecular weight is 557 g/mol. The lowest BCUT2D eigenvalue weighted by Crippen LogP contribution is -2.27. The van der Waals surface area contributed by atoms with Crippen molar-refractivity contribution in [2.24, 2.45) is 0 Å². The Morgan fingerprint density at radius 1 is 0.821 bits per heavy atom. The molecule has 6 nitrogen and oxygen atoms in total. The highest BCUT2D eigenvalue weighted by molar-refractivity contribution is 8.26. The van der Waals surface area contributed by atoms with Gasteiger partial charge in [-0.2, -0.15) is 0 Å². The maximum Gasteiger partial charge on any atom is 0.266 e. The van der Waals surface area contributed by atoms with Gasteiger partial charge in [0.15, 0.2) is 0 Å². The van der Waals surface area contributed by atoms with Crippen LogP contribution in [0.4, 0.5) is 0 Å². The van der Waals surface area contributed by atoms with Gasteiger partial charge in [-0.15, -0.1) is 0 Å². The molecule has 1 aliphatic heterocycles. The SMILES string of the molecule is COc1ccc(CN2C(=O)/C(=C/c3cc(C)n(-c4ccc(Oc5ccc(OC)cc5)cc4)c3C)SC2=S)cc1. The van der Waals surface area contributed by atoms with Crippen molar-refractivity contribution in [2.45, 2.75) is 20.4 Å². The zero-order valence-corrected chi connectivity index (χ0v) is 23.8. The number of aromatic nitrogens is 1. The average Bonchev–Trinajstić information content (AvgIpc) is 3.38. The summed E-state index contributed by atoms with van der Waals surface area (Å²) < 4.78 is 19.1. The van der Waals surface area contributed by atoms with Gasteiger partial charge in [0, 0.05) is 17.1 Å². The second-order valence-electron chi connectivity index (χ2n) is 9.05. The van der Waals surface area contributed by atoms with Gasteiger partial charge in [-0.05, 0) is 97.8 Å². The van der Waals surface area contributed by atoms with Crippen LogP contribution in [0.15, 0.2) is 83.8 Å². The maximum absolute atomic E-state index is 13.2. The van der Waals surface area contributed by atoms with E-state index in [-0.39, 0.29) is 5.91 Å². The van der Waals surface area contributed by atoms with Gasteiger partial charge in [0.1, 0.15) is 27.3 Å². The molecule has 0 spiro atoms. The predicted molar refractivity (Wildman–Crippen MR) is 160 cm³/mol. The van der Waals surface area contributed by atoms with Crippen LogP contribution < -0.4 is 14.2 Å². The molecule has 0 aliphatic carbocycles. The molecule has 1 fully saturated rings. The molecule has 39 heavy (non-hydrogen) atoms. The smallest absolute Gasteiger partial charge is 0.266 e. The Hall–Kier alpha value is -4.01. The van der Waals surface area contributed by atoms with Crippen molar-refractivity contribution in [3.63, 3.8) is 0 Å². The van der Waals surface area contributed by atoms with E-state index in [9.17, 15) is 4.79 Å². The summed E-state index contributed by atoms with van der Waals surface area (Å²) in [6.07, 6.45) is 1.94. The van der Waals surface area contributed by atoms with Crippen LogP contribution in [0.25, 0.3) is 11.8 Å². The third-order valence-electron chi connectivity index (χ3n) is 6.52. The van der Waals surface area contributed by atoms with E-state index < -0.39 is 0 Å². The number of ether oxygens (including phenoxy) is 3. The number of nitrogens with zero attached hydrogens (tertiary/aromatic N) is 2. The number of rotatable bonds is 8. The first kappa shape index (κ1) is 26.6. The molecule has 0 radical (unpaired) electrons. The van der Waals surface area contributed by atoms with Gasteiger partial charge in [0.25, 0.3) is 5.91 Å². The van der Waals surface area contributed by atoms with Crippen molar-refractivity contribution in [1.29, 1.82) is 0 Å². The standard InChI is InChI=1S/C31H28N2O4S2/c1-20-17-23(18-29-30(34)32(31(38)39-29)19-22-5-9-25(35-3)10-6-22)21(2)33(20)24-7-11-27(12-8-24)37-28-15-13-26(36-4)14-16-28/h5-18H,19H2,1-4H3/b29-18-. The van der Waals surface area contributed by atoms with Gasteiger partial charge < -0.3 is 18.8 Å². The van der Waals surface area contributed by atoms with Crippen molar-refractivity contribution >= 4 is 40.3 Å². The van der Waals surface area contributed by atoms with Crippen LogP contribution in [-0.4, -0.2) is 33.9 Å². The van der Waals surface area contributed by atoms with E-state index in [1.807, 2.05) is 78.9 Å². The second kappa shape index (κ2) is 11.4. The summed E-state index contributed by atoms with van der Waals surface area (Å²) >= 11 is 6.89. The minimum atomic E-state index is -0.0781. The van der Waals surface area contributed by atoms with Crippen molar-refractivity contribution in [3.05, 3.63) is 106 Å². The second-order valence-corrected chi connectivity index (χ2v) is 10.7. The maximum atomic E-state index is 13.2. The third kappa shape index (κ3) is 5.72. The number of hydrogen-bond acceptors (Lipinski definition) is 6. The lowest BCUT2D eigenvalue weighted by atomic mass is 10.2. The van der Waals surface area contributed by atoms with E-state index in [0.717, 1.165) is 51.2 Å². The van der Waals surface area contributed by atoms with Crippen LogP contribution in [-0.2, 0) is 11.3 Å². The Kier molecular flexibility index (Phi) is 7.77. The fourth-order valence-corrected chi connectivity index (χ4v) is 5.71. The van der Waals surface area contributed by atoms with Gasteiger partial charge in [-0.25, -0.2) is 0 Å². The van der Waals surface area contributed by atoms with Crippen LogP contribution in [0.2, 0.25) is 0 Å². The first-order valence-corrected chi connectivity index (χ1v) is 13.6. The Bertz CT molecular complexity index is 1540. The lowest BCUT2D eigenvalue weighted by molar-refractivity contribution is -0.122. The van der Waals surface area contributed by atoms with Crippen molar-refractivity contribution in [1.82, 2.24) is 9.47 Å². The first-order valence-electron chi connectivity index (χ1n) is 12.4. The summed E-state index contributed by atoms with van der Waals surface area (Å²) in [5.41, 5.74) is 5.09. The molecular weight excluding hydrogens is 528 g/mol. The molecule has 0 bridgehead atoms. The quantitative estimate of drug-likeness (QED) is 0.168. The molecular formula is C31H28N2O4S2. The first-order chi connectivity index (χ1) is 18.9. The Morgan fingerprint density at radius 2 is 1.36 bits per heavy atom. The molecule has 5 rings (SSSR count). The number of aryl methyl sites for hydroxylation is 1. The number of benzene rings is 3. The number of carbonyl (C=O) groups excluding carboxylic acids is 1. The van der Waals surface area contributed by atoms with Gasteiger partial charge in [0.2, 0.25) is 0 Å². The molecule has 0 unspecified atom stereocenters. The monoisotopic (exact) mass is 556 g/mol. The molecule has 0 N–H and O–H groups in total. The van der Waals surface area contributed by atoms with Gasteiger partial charge in [-0.3, -0.25) is 9.69 Å². The normalized spacial score (nSPS) is 14.3. The van der Waals surface area contributed by atoms with E-state index in [4.69, 9.17) is 26.4 Å². The Morgan fingerprint density at radius 3 is 1.95 bits per heavy atom. The molecule has 1 aliphatic rings. The number of amides is 1. The minimum absolute atomic E-state index is 0.0781. The highest BCUT2D eigenvalue weighted by atomic mass is 32.2. The fraction of sp³-hybridized carbons (Fsp3) is 0.161. The molecule has 1 saturated heterocycles. The number of hydrogen-bond donors (Lipinski definition) is 0. The Labute approximate surface area is 237 Å². The van der Waals surface area contributed by atoms with Crippen LogP contribution in [0.5, 0.6) is 23.0 Å². The minimum Gasteiger partial charge on any atom is -0.497 e. The lowest BCUT2D eigenvalue weighted by Gasteiger charge is -2.14. The van der Waals surface area contributed by atoms with Crippen LogP contribution in [0.1, 0.15) is 22.5 Å². The molecule has 198 valence electrons. The summed E-state index contributed by atoms with van der Waals surface area (Å²) in [4.78, 5) is 15.5. The van der Waals surface area contributed by atoms with Crippen molar-refractivity contribution in [3.8, 4) is 28.7 Å². The summed E-state index contributed by atoms with van der Waals surface area (Å²) in [6, 6.07) is 25.2. The highest BCUT2D eigenvalue weighted by Gasteiger charge is 2.32. The van der Waals surface area contributed by atoms with Crippen LogP contribution in [0, 0.1) is 13.8 Å². The topological polar surface area (TPSA) is 52.9 Å². The summed E-state index contributed by atoms with van der Waals surface area (Å²) in [5.74, 6) is 2.96. The zero-order valence-electron chi connectivity index (χ0n) is 22.1. The summed E-state index contributed by atoms with van der Waals surface area (Å²) in [7, 11) is 3.27.